The highest BCUT2D eigenvalue weighted by Crippen LogP contribution is 2.17. The van der Waals surface area contributed by atoms with Crippen molar-refractivity contribution in [3.05, 3.63) is 29.8 Å². The van der Waals surface area contributed by atoms with Gasteiger partial charge in [0.25, 0.3) is 0 Å². The minimum Gasteiger partial charge on any atom is -0.496 e. The second kappa shape index (κ2) is 8.40. The summed E-state index contributed by atoms with van der Waals surface area (Å²) in [5.41, 5.74) is 1.10. The molecule has 0 unspecified atom stereocenters. The van der Waals surface area contributed by atoms with Crippen LogP contribution in [-0.4, -0.2) is 26.2 Å². The molecule has 1 aromatic carbocycles. The molecule has 0 heterocycles. The Kier molecular flexibility index (Phi) is 6.79. The third kappa shape index (κ3) is 6.13. The molecule has 19 heavy (non-hydrogen) atoms. The Morgan fingerprint density at radius 1 is 1.21 bits per heavy atom. The molecule has 106 valence electrons. The number of para-hydroxylation sites is 1. The van der Waals surface area contributed by atoms with Crippen molar-refractivity contribution in [3.8, 4) is 5.75 Å². The third-order valence-electron chi connectivity index (χ3n) is 2.88. The Bertz CT molecular complexity index is 391. The van der Waals surface area contributed by atoms with Crippen LogP contribution < -0.4 is 15.4 Å². The highest BCUT2D eigenvalue weighted by molar-refractivity contribution is 5.73. The second-order valence-corrected chi connectivity index (χ2v) is 4.93. The summed E-state index contributed by atoms with van der Waals surface area (Å²) in [7, 11) is 1.66. The van der Waals surface area contributed by atoms with Crippen molar-refractivity contribution in [2.75, 3.05) is 20.2 Å². The Hall–Kier alpha value is -1.71. The highest BCUT2D eigenvalue weighted by atomic mass is 16.5. The monoisotopic (exact) mass is 264 g/mol. The summed E-state index contributed by atoms with van der Waals surface area (Å²) < 4.78 is 5.27. The molecule has 4 heteroatoms. The van der Waals surface area contributed by atoms with Gasteiger partial charge in [-0.3, -0.25) is 0 Å². The number of hydrogen-bond donors (Lipinski definition) is 2. The molecule has 1 rings (SSSR count). The fourth-order valence-electron chi connectivity index (χ4n) is 1.76. The van der Waals surface area contributed by atoms with Crippen LogP contribution in [0.25, 0.3) is 0 Å². The zero-order chi connectivity index (χ0) is 14.1. The first-order valence-electron chi connectivity index (χ1n) is 6.77. The summed E-state index contributed by atoms with van der Waals surface area (Å²) in [6.07, 6.45) is 1.77. The average Bonchev–Trinajstić information content (AvgIpc) is 2.39. The predicted molar refractivity (Wildman–Crippen MR) is 77.6 cm³/mol. The van der Waals surface area contributed by atoms with Gasteiger partial charge >= 0.3 is 6.03 Å². The van der Waals surface area contributed by atoms with Crippen molar-refractivity contribution in [2.24, 2.45) is 5.92 Å². The summed E-state index contributed by atoms with van der Waals surface area (Å²) in [5.74, 6) is 1.47. The maximum Gasteiger partial charge on any atom is 0.314 e. The van der Waals surface area contributed by atoms with Crippen LogP contribution in [0.15, 0.2) is 24.3 Å². The van der Waals surface area contributed by atoms with E-state index in [2.05, 4.69) is 24.5 Å². The summed E-state index contributed by atoms with van der Waals surface area (Å²) >= 11 is 0. The van der Waals surface area contributed by atoms with Crippen molar-refractivity contribution in [1.82, 2.24) is 10.6 Å². The molecule has 0 aromatic heterocycles. The SMILES string of the molecule is COc1ccccc1CCNC(=O)NCCC(C)C. The number of amides is 2. The molecule has 0 atom stereocenters. The summed E-state index contributed by atoms with van der Waals surface area (Å²) in [4.78, 5) is 11.5. The molecule has 1 aromatic rings. The number of nitrogens with one attached hydrogen (secondary N) is 2. The van der Waals surface area contributed by atoms with E-state index >= 15 is 0 Å². The normalized spacial score (nSPS) is 10.3. The van der Waals surface area contributed by atoms with Crippen LogP contribution in [0, 0.1) is 5.92 Å². The third-order valence-corrected chi connectivity index (χ3v) is 2.88. The molecule has 0 spiro atoms. The minimum absolute atomic E-state index is 0.101. The molecule has 0 aliphatic heterocycles. The number of hydrogen-bond acceptors (Lipinski definition) is 2. The quantitative estimate of drug-likeness (QED) is 0.795. The van der Waals surface area contributed by atoms with Gasteiger partial charge in [0.15, 0.2) is 0 Å². The predicted octanol–water partition coefficient (Wildman–Crippen LogP) is 2.58. The lowest BCUT2D eigenvalue weighted by Gasteiger charge is -2.10. The molecule has 0 saturated carbocycles. The summed E-state index contributed by atoms with van der Waals surface area (Å²) in [6.45, 7) is 5.61. The average molecular weight is 264 g/mol. The molecule has 0 aliphatic rings. The lowest BCUT2D eigenvalue weighted by molar-refractivity contribution is 0.240. The number of rotatable bonds is 7. The first-order valence-corrected chi connectivity index (χ1v) is 6.77. The van der Waals surface area contributed by atoms with E-state index in [4.69, 9.17) is 4.74 Å². The van der Waals surface area contributed by atoms with Gasteiger partial charge in [0.1, 0.15) is 5.75 Å². The lowest BCUT2D eigenvalue weighted by Crippen LogP contribution is -2.37. The van der Waals surface area contributed by atoms with Crippen LogP contribution in [0.5, 0.6) is 5.75 Å². The van der Waals surface area contributed by atoms with Crippen LogP contribution in [0.2, 0.25) is 0 Å². The van der Waals surface area contributed by atoms with E-state index in [-0.39, 0.29) is 6.03 Å². The van der Waals surface area contributed by atoms with Gasteiger partial charge in [0.05, 0.1) is 7.11 Å². The zero-order valence-electron chi connectivity index (χ0n) is 12.0. The van der Waals surface area contributed by atoms with E-state index in [0.717, 1.165) is 30.7 Å². The Morgan fingerprint density at radius 3 is 2.58 bits per heavy atom. The fraction of sp³-hybridized carbons (Fsp3) is 0.533. The molecule has 0 aliphatic carbocycles. The van der Waals surface area contributed by atoms with Crippen molar-refractivity contribution < 1.29 is 9.53 Å². The van der Waals surface area contributed by atoms with E-state index in [9.17, 15) is 4.79 Å². The number of methoxy groups -OCH3 is 1. The van der Waals surface area contributed by atoms with Crippen molar-refractivity contribution in [3.63, 3.8) is 0 Å². The fourth-order valence-corrected chi connectivity index (χ4v) is 1.76. The Labute approximate surface area is 115 Å². The Morgan fingerprint density at radius 2 is 1.89 bits per heavy atom. The zero-order valence-corrected chi connectivity index (χ0v) is 12.0. The van der Waals surface area contributed by atoms with Crippen LogP contribution in [0.3, 0.4) is 0 Å². The van der Waals surface area contributed by atoms with E-state index in [0.29, 0.717) is 12.5 Å². The lowest BCUT2D eigenvalue weighted by atomic mass is 10.1. The van der Waals surface area contributed by atoms with Gasteiger partial charge in [-0.2, -0.15) is 0 Å². The van der Waals surface area contributed by atoms with Crippen molar-refractivity contribution in [2.45, 2.75) is 26.7 Å². The van der Waals surface area contributed by atoms with E-state index in [1.54, 1.807) is 7.11 Å². The van der Waals surface area contributed by atoms with Gasteiger partial charge in [-0.1, -0.05) is 32.0 Å². The van der Waals surface area contributed by atoms with Crippen molar-refractivity contribution in [1.29, 1.82) is 0 Å². The molecule has 2 amide bonds. The standard InChI is InChI=1S/C15H24N2O2/c1-12(2)8-10-16-15(18)17-11-9-13-6-4-5-7-14(13)19-3/h4-7,12H,8-11H2,1-3H3,(H2,16,17,18). The van der Waals surface area contributed by atoms with Gasteiger partial charge in [-0.05, 0) is 30.4 Å². The number of carbonyl (C=O) groups excluding carboxylic acids is 1. The molecule has 2 N–H and O–H groups in total. The maximum atomic E-state index is 11.5. The molecule has 4 nitrogen and oxygen atoms in total. The number of benzene rings is 1. The van der Waals surface area contributed by atoms with Crippen LogP contribution in [0.1, 0.15) is 25.8 Å². The van der Waals surface area contributed by atoms with Crippen molar-refractivity contribution >= 4 is 6.03 Å². The molecular weight excluding hydrogens is 240 g/mol. The second-order valence-electron chi connectivity index (χ2n) is 4.93. The van der Waals surface area contributed by atoms with Gasteiger partial charge in [0.2, 0.25) is 0 Å². The number of ether oxygens (including phenoxy) is 1. The van der Waals surface area contributed by atoms with Gasteiger partial charge in [0, 0.05) is 13.1 Å². The first-order chi connectivity index (χ1) is 9.13. The smallest absolute Gasteiger partial charge is 0.314 e. The molecular formula is C15H24N2O2. The molecule has 0 fully saturated rings. The van der Waals surface area contributed by atoms with E-state index in [1.807, 2.05) is 24.3 Å². The summed E-state index contributed by atoms with van der Waals surface area (Å²) in [5, 5.41) is 5.70. The van der Waals surface area contributed by atoms with Crippen LogP contribution in [0.4, 0.5) is 4.79 Å². The summed E-state index contributed by atoms with van der Waals surface area (Å²) in [6, 6.07) is 7.75. The molecule has 0 bridgehead atoms. The molecule has 0 saturated heterocycles. The molecule has 0 radical (unpaired) electrons. The first kappa shape index (κ1) is 15.3. The van der Waals surface area contributed by atoms with Gasteiger partial charge < -0.3 is 15.4 Å². The van der Waals surface area contributed by atoms with Crippen LogP contribution in [-0.2, 0) is 6.42 Å². The topological polar surface area (TPSA) is 50.4 Å². The Balaban J connectivity index is 2.24. The highest BCUT2D eigenvalue weighted by Gasteiger charge is 2.03. The number of carbonyl (C=O) groups is 1. The van der Waals surface area contributed by atoms with E-state index < -0.39 is 0 Å². The van der Waals surface area contributed by atoms with E-state index in [1.165, 1.54) is 0 Å². The van der Waals surface area contributed by atoms with Gasteiger partial charge in [-0.25, -0.2) is 4.79 Å². The maximum absolute atomic E-state index is 11.5. The number of urea groups is 1. The minimum atomic E-state index is -0.101. The van der Waals surface area contributed by atoms with Crippen LogP contribution >= 0.6 is 0 Å². The largest absolute Gasteiger partial charge is 0.496 e. The van der Waals surface area contributed by atoms with Gasteiger partial charge in [-0.15, -0.1) is 0 Å².